The molecule has 1 unspecified atom stereocenters. The number of nitro groups is 1. The number of para-hydroxylation sites is 1. The van der Waals surface area contributed by atoms with Crippen LogP contribution in [-0.4, -0.2) is 12.0 Å². The fourth-order valence-electron chi connectivity index (χ4n) is 2.23. The van der Waals surface area contributed by atoms with E-state index in [0.717, 1.165) is 0 Å². The highest BCUT2D eigenvalue weighted by atomic mass is 35.5. The molecule has 2 aromatic rings. The molecule has 0 amide bonds. The summed E-state index contributed by atoms with van der Waals surface area (Å²) in [5.41, 5.74) is 0.963. The van der Waals surface area contributed by atoms with E-state index in [1.54, 1.807) is 25.2 Å². The molecule has 0 fully saturated rings. The van der Waals surface area contributed by atoms with Gasteiger partial charge in [0.2, 0.25) is 0 Å². The predicted octanol–water partition coefficient (Wildman–Crippen LogP) is 3.89. The zero-order chi connectivity index (χ0) is 15.4. The van der Waals surface area contributed by atoms with Gasteiger partial charge in [-0.3, -0.25) is 10.1 Å². The summed E-state index contributed by atoms with van der Waals surface area (Å²) in [6.45, 7) is 0. The van der Waals surface area contributed by atoms with Crippen LogP contribution < -0.4 is 5.32 Å². The number of halogens is 2. The van der Waals surface area contributed by atoms with Crippen LogP contribution in [0.15, 0.2) is 42.5 Å². The Labute approximate surface area is 126 Å². The standard InChI is InChI=1S/C15H14ClFN2O2/c1-18-14(12-9-11(16)6-7-13(12)17)8-10-4-2-3-5-15(10)19(20)21/h2-7,9,14,18H,8H2,1H3. The van der Waals surface area contributed by atoms with E-state index in [1.165, 1.54) is 24.3 Å². The first-order chi connectivity index (χ1) is 10.0. The van der Waals surface area contributed by atoms with Crippen LogP contribution in [0.3, 0.4) is 0 Å². The Bertz CT molecular complexity index is 664. The molecule has 0 aliphatic carbocycles. The molecule has 0 aromatic heterocycles. The first kappa shape index (κ1) is 15.4. The van der Waals surface area contributed by atoms with E-state index < -0.39 is 16.8 Å². The largest absolute Gasteiger partial charge is 0.313 e. The lowest BCUT2D eigenvalue weighted by Gasteiger charge is -2.17. The van der Waals surface area contributed by atoms with Crippen molar-refractivity contribution in [1.82, 2.24) is 5.32 Å². The van der Waals surface area contributed by atoms with Crippen LogP contribution in [0.4, 0.5) is 10.1 Å². The summed E-state index contributed by atoms with van der Waals surface area (Å²) >= 11 is 5.90. The zero-order valence-corrected chi connectivity index (χ0v) is 12.1. The van der Waals surface area contributed by atoms with Gasteiger partial charge in [-0.25, -0.2) is 4.39 Å². The summed E-state index contributed by atoms with van der Waals surface area (Å²) in [6, 6.07) is 10.3. The number of rotatable bonds is 5. The summed E-state index contributed by atoms with van der Waals surface area (Å²) in [4.78, 5) is 10.6. The Morgan fingerprint density at radius 3 is 2.71 bits per heavy atom. The van der Waals surface area contributed by atoms with Gasteiger partial charge < -0.3 is 5.32 Å². The minimum absolute atomic E-state index is 0.0280. The van der Waals surface area contributed by atoms with Crippen LogP contribution in [0.25, 0.3) is 0 Å². The third kappa shape index (κ3) is 3.56. The fourth-order valence-corrected chi connectivity index (χ4v) is 2.41. The van der Waals surface area contributed by atoms with Crippen LogP contribution >= 0.6 is 11.6 Å². The molecule has 0 aliphatic heterocycles. The Kier molecular flexibility index (Phi) is 4.88. The molecule has 0 radical (unpaired) electrons. The highest BCUT2D eigenvalue weighted by Crippen LogP contribution is 2.27. The van der Waals surface area contributed by atoms with Crippen LogP contribution in [0.2, 0.25) is 5.02 Å². The summed E-state index contributed by atoms with van der Waals surface area (Å²) in [6.07, 6.45) is 0.297. The molecule has 1 N–H and O–H groups in total. The van der Waals surface area contributed by atoms with Gasteiger partial charge in [-0.1, -0.05) is 29.8 Å². The second-order valence-corrected chi connectivity index (χ2v) is 5.03. The molecular formula is C15H14ClFN2O2. The van der Waals surface area contributed by atoms with Gasteiger partial charge in [0.25, 0.3) is 5.69 Å². The van der Waals surface area contributed by atoms with Gasteiger partial charge in [-0.15, -0.1) is 0 Å². The van der Waals surface area contributed by atoms with E-state index in [0.29, 0.717) is 22.6 Å². The van der Waals surface area contributed by atoms with Crippen molar-refractivity contribution >= 4 is 17.3 Å². The summed E-state index contributed by atoms with van der Waals surface area (Å²) in [5, 5.41) is 14.4. The lowest BCUT2D eigenvalue weighted by atomic mass is 9.97. The summed E-state index contributed by atoms with van der Waals surface area (Å²) < 4.78 is 13.9. The second-order valence-electron chi connectivity index (χ2n) is 4.60. The van der Waals surface area contributed by atoms with Crippen molar-refractivity contribution < 1.29 is 9.31 Å². The molecule has 21 heavy (non-hydrogen) atoms. The molecule has 0 saturated carbocycles. The number of nitro benzene ring substituents is 1. The highest BCUT2D eigenvalue weighted by molar-refractivity contribution is 6.30. The van der Waals surface area contributed by atoms with Gasteiger partial charge in [0.05, 0.1) is 4.92 Å². The lowest BCUT2D eigenvalue weighted by molar-refractivity contribution is -0.385. The van der Waals surface area contributed by atoms with E-state index in [4.69, 9.17) is 11.6 Å². The Balaban J connectivity index is 2.36. The normalized spacial score (nSPS) is 12.1. The summed E-state index contributed by atoms with van der Waals surface area (Å²) in [5.74, 6) is -0.391. The Hall–Kier alpha value is -1.98. The molecule has 1 atom stereocenters. The molecule has 2 rings (SSSR count). The van der Waals surface area contributed by atoms with Crippen LogP contribution in [0.5, 0.6) is 0 Å². The molecule has 0 heterocycles. The third-order valence-corrected chi connectivity index (χ3v) is 3.53. The summed E-state index contributed by atoms with van der Waals surface area (Å²) in [7, 11) is 1.68. The number of hydrogen-bond acceptors (Lipinski definition) is 3. The first-order valence-corrected chi connectivity index (χ1v) is 6.75. The van der Waals surface area contributed by atoms with E-state index >= 15 is 0 Å². The van der Waals surface area contributed by atoms with Gasteiger partial charge >= 0.3 is 0 Å². The SMILES string of the molecule is CNC(Cc1ccccc1[N+](=O)[O-])c1cc(Cl)ccc1F. The van der Waals surface area contributed by atoms with Crippen molar-refractivity contribution in [2.75, 3.05) is 7.05 Å². The van der Waals surface area contributed by atoms with Crippen LogP contribution in [0, 0.1) is 15.9 Å². The van der Waals surface area contributed by atoms with Crippen LogP contribution in [-0.2, 0) is 6.42 Å². The van der Waals surface area contributed by atoms with Crippen LogP contribution in [0.1, 0.15) is 17.2 Å². The minimum atomic E-state index is -0.434. The molecule has 0 saturated heterocycles. The number of benzene rings is 2. The Morgan fingerprint density at radius 2 is 2.05 bits per heavy atom. The van der Waals surface area contributed by atoms with Crippen molar-refractivity contribution in [3.05, 3.63) is 74.5 Å². The molecule has 6 heteroatoms. The molecule has 110 valence electrons. The molecule has 0 spiro atoms. The molecular weight excluding hydrogens is 295 g/mol. The number of nitrogens with zero attached hydrogens (tertiary/aromatic N) is 1. The zero-order valence-electron chi connectivity index (χ0n) is 11.3. The van der Waals surface area contributed by atoms with E-state index in [1.807, 2.05) is 0 Å². The molecule has 0 bridgehead atoms. The number of likely N-dealkylation sites (N-methyl/N-ethyl adjacent to an activating group) is 1. The molecule has 4 nitrogen and oxygen atoms in total. The lowest BCUT2D eigenvalue weighted by Crippen LogP contribution is -2.20. The van der Waals surface area contributed by atoms with Crippen molar-refractivity contribution in [3.63, 3.8) is 0 Å². The van der Waals surface area contributed by atoms with Gasteiger partial charge in [0, 0.05) is 28.3 Å². The van der Waals surface area contributed by atoms with Crippen molar-refractivity contribution in [2.24, 2.45) is 0 Å². The number of nitrogens with one attached hydrogen (secondary N) is 1. The van der Waals surface area contributed by atoms with Crippen molar-refractivity contribution in [2.45, 2.75) is 12.5 Å². The van der Waals surface area contributed by atoms with Gasteiger partial charge in [0.1, 0.15) is 5.82 Å². The van der Waals surface area contributed by atoms with Crippen molar-refractivity contribution in [3.8, 4) is 0 Å². The smallest absolute Gasteiger partial charge is 0.272 e. The minimum Gasteiger partial charge on any atom is -0.313 e. The topological polar surface area (TPSA) is 55.2 Å². The maximum atomic E-state index is 13.9. The Morgan fingerprint density at radius 1 is 1.33 bits per heavy atom. The van der Waals surface area contributed by atoms with Gasteiger partial charge in [-0.2, -0.15) is 0 Å². The van der Waals surface area contributed by atoms with Gasteiger partial charge in [0.15, 0.2) is 0 Å². The second kappa shape index (κ2) is 6.65. The first-order valence-electron chi connectivity index (χ1n) is 6.37. The van der Waals surface area contributed by atoms with E-state index in [2.05, 4.69) is 5.32 Å². The molecule has 2 aromatic carbocycles. The monoisotopic (exact) mass is 308 g/mol. The predicted molar refractivity (Wildman–Crippen MR) is 80.0 cm³/mol. The fraction of sp³-hybridized carbons (Fsp3) is 0.200. The van der Waals surface area contributed by atoms with Gasteiger partial charge in [-0.05, 0) is 31.7 Å². The average Bonchev–Trinajstić information content (AvgIpc) is 2.47. The van der Waals surface area contributed by atoms with E-state index in [-0.39, 0.29) is 5.69 Å². The van der Waals surface area contributed by atoms with E-state index in [9.17, 15) is 14.5 Å². The highest BCUT2D eigenvalue weighted by Gasteiger charge is 2.20. The quantitative estimate of drug-likeness (QED) is 0.673. The maximum absolute atomic E-state index is 13.9. The number of hydrogen-bond donors (Lipinski definition) is 1. The third-order valence-electron chi connectivity index (χ3n) is 3.29. The maximum Gasteiger partial charge on any atom is 0.272 e. The average molecular weight is 309 g/mol. The molecule has 0 aliphatic rings. The van der Waals surface area contributed by atoms with Crippen molar-refractivity contribution in [1.29, 1.82) is 0 Å².